The fraction of sp³-hybridized carbons (Fsp3) is 0.750. The molecule has 0 saturated heterocycles. The standard InChI is InChI=1S/C4H7NO2S2/c1-9(6,7)4-2-3-5-8-4/h3-4H,2H2,1H3. The van der Waals surface area contributed by atoms with Crippen LogP contribution in [-0.4, -0.2) is 25.5 Å². The minimum atomic E-state index is -2.86. The summed E-state index contributed by atoms with van der Waals surface area (Å²) in [4.78, 5) is 0. The zero-order valence-corrected chi connectivity index (χ0v) is 6.58. The Balaban J connectivity index is 2.68. The van der Waals surface area contributed by atoms with Crippen molar-refractivity contribution in [3.05, 3.63) is 0 Å². The Morgan fingerprint density at radius 1 is 1.78 bits per heavy atom. The molecule has 0 aliphatic carbocycles. The molecule has 5 heteroatoms. The lowest BCUT2D eigenvalue weighted by molar-refractivity contribution is 0.600. The zero-order chi connectivity index (χ0) is 6.91. The van der Waals surface area contributed by atoms with Crippen LogP contribution in [0, 0.1) is 0 Å². The first kappa shape index (κ1) is 7.08. The predicted octanol–water partition coefficient (Wildman–Crippen LogP) is 0.480. The van der Waals surface area contributed by atoms with E-state index in [0.29, 0.717) is 6.42 Å². The summed E-state index contributed by atoms with van der Waals surface area (Å²) in [6.07, 6.45) is 3.43. The van der Waals surface area contributed by atoms with Crippen LogP contribution in [0.15, 0.2) is 4.40 Å². The van der Waals surface area contributed by atoms with E-state index in [0.717, 1.165) is 11.9 Å². The van der Waals surface area contributed by atoms with Gasteiger partial charge in [-0.1, -0.05) is 0 Å². The summed E-state index contributed by atoms with van der Waals surface area (Å²) < 4.78 is 24.9. The lowest BCUT2D eigenvalue weighted by Gasteiger charge is -2.00. The lowest BCUT2D eigenvalue weighted by atomic mass is 10.5. The second-order valence-corrected chi connectivity index (χ2v) is 5.41. The van der Waals surface area contributed by atoms with Gasteiger partial charge in [0.25, 0.3) is 0 Å². The highest BCUT2D eigenvalue weighted by Crippen LogP contribution is 2.24. The van der Waals surface area contributed by atoms with Crippen molar-refractivity contribution in [2.24, 2.45) is 4.40 Å². The van der Waals surface area contributed by atoms with Gasteiger partial charge in [-0.3, -0.25) is 0 Å². The summed E-state index contributed by atoms with van der Waals surface area (Å²) in [6, 6.07) is 0. The van der Waals surface area contributed by atoms with Crippen LogP contribution < -0.4 is 0 Å². The highest BCUT2D eigenvalue weighted by atomic mass is 32.3. The second kappa shape index (κ2) is 2.30. The van der Waals surface area contributed by atoms with E-state index in [4.69, 9.17) is 0 Å². The molecule has 0 radical (unpaired) electrons. The third-order valence-electron chi connectivity index (χ3n) is 1.03. The molecule has 0 saturated carbocycles. The fourth-order valence-corrected chi connectivity index (χ4v) is 2.23. The second-order valence-electron chi connectivity index (χ2n) is 1.89. The molecular formula is C4H7NO2S2. The van der Waals surface area contributed by atoms with Crippen LogP contribution in [0.3, 0.4) is 0 Å². The summed E-state index contributed by atoms with van der Waals surface area (Å²) in [5.74, 6) is 0. The Labute approximate surface area is 58.6 Å². The summed E-state index contributed by atoms with van der Waals surface area (Å²) in [5, 5.41) is 0. The van der Waals surface area contributed by atoms with Gasteiger partial charge in [0.2, 0.25) is 0 Å². The van der Waals surface area contributed by atoms with Crippen molar-refractivity contribution in [3.63, 3.8) is 0 Å². The van der Waals surface area contributed by atoms with Crippen LogP contribution in [0.5, 0.6) is 0 Å². The first-order valence-electron chi connectivity index (χ1n) is 2.47. The van der Waals surface area contributed by atoms with Crippen molar-refractivity contribution >= 4 is 28.0 Å². The third-order valence-corrected chi connectivity index (χ3v) is 4.18. The van der Waals surface area contributed by atoms with Crippen LogP contribution in [-0.2, 0) is 9.84 Å². The summed E-state index contributed by atoms with van der Waals surface area (Å²) in [6.45, 7) is 0. The molecule has 0 aromatic rings. The van der Waals surface area contributed by atoms with E-state index in [1.165, 1.54) is 6.26 Å². The Hall–Kier alpha value is -0.0300. The molecule has 52 valence electrons. The van der Waals surface area contributed by atoms with E-state index in [-0.39, 0.29) is 4.58 Å². The molecule has 0 N–H and O–H groups in total. The number of sulfone groups is 1. The van der Waals surface area contributed by atoms with Gasteiger partial charge in [0.15, 0.2) is 9.84 Å². The van der Waals surface area contributed by atoms with Crippen molar-refractivity contribution in [2.45, 2.75) is 11.0 Å². The number of hydrogen-bond acceptors (Lipinski definition) is 4. The molecule has 1 aliphatic heterocycles. The van der Waals surface area contributed by atoms with E-state index in [1.54, 1.807) is 6.21 Å². The molecule has 1 aliphatic rings. The van der Waals surface area contributed by atoms with Gasteiger partial charge in [-0.2, -0.15) is 0 Å². The van der Waals surface area contributed by atoms with Gasteiger partial charge in [-0.25, -0.2) is 12.8 Å². The van der Waals surface area contributed by atoms with Crippen molar-refractivity contribution in [2.75, 3.05) is 6.26 Å². The van der Waals surface area contributed by atoms with Crippen molar-refractivity contribution in [3.8, 4) is 0 Å². The molecule has 1 rings (SSSR count). The average Bonchev–Trinajstić information content (AvgIpc) is 2.08. The minimum absolute atomic E-state index is 0.322. The van der Waals surface area contributed by atoms with Crippen LogP contribution >= 0.6 is 11.9 Å². The maximum atomic E-state index is 10.7. The van der Waals surface area contributed by atoms with E-state index in [9.17, 15) is 8.42 Å². The number of nitrogens with zero attached hydrogens (tertiary/aromatic N) is 1. The number of hydrogen-bond donors (Lipinski definition) is 0. The maximum Gasteiger partial charge on any atom is 0.161 e. The van der Waals surface area contributed by atoms with Crippen molar-refractivity contribution in [1.82, 2.24) is 0 Å². The molecule has 0 spiro atoms. The Bertz CT molecular complexity index is 211. The quantitative estimate of drug-likeness (QED) is 0.531. The molecule has 0 amide bonds. The van der Waals surface area contributed by atoms with Crippen LogP contribution in [0.25, 0.3) is 0 Å². The van der Waals surface area contributed by atoms with Crippen LogP contribution in [0.4, 0.5) is 0 Å². The van der Waals surface area contributed by atoms with Crippen LogP contribution in [0.1, 0.15) is 6.42 Å². The third kappa shape index (κ3) is 1.69. The maximum absolute atomic E-state index is 10.7. The fourth-order valence-electron chi connectivity index (χ4n) is 0.536. The van der Waals surface area contributed by atoms with E-state index < -0.39 is 9.84 Å². The molecule has 1 heterocycles. The molecule has 0 bridgehead atoms. The summed E-state index contributed by atoms with van der Waals surface area (Å²) >= 11 is 1.13. The van der Waals surface area contributed by atoms with Crippen molar-refractivity contribution < 1.29 is 8.42 Å². The van der Waals surface area contributed by atoms with Gasteiger partial charge in [-0.05, 0) is 11.9 Å². The van der Waals surface area contributed by atoms with Gasteiger partial charge >= 0.3 is 0 Å². The zero-order valence-electron chi connectivity index (χ0n) is 4.94. The highest BCUT2D eigenvalue weighted by molar-refractivity contribution is 8.12. The normalized spacial score (nSPS) is 27.0. The molecule has 0 aromatic heterocycles. The SMILES string of the molecule is CS(=O)(=O)C1CC=NS1. The summed E-state index contributed by atoms with van der Waals surface area (Å²) in [5.41, 5.74) is 0. The largest absolute Gasteiger partial charge is 0.228 e. The molecule has 1 atom stereocenters. The van der Waals surface area contributed by atoms with E-state index in [1.807, 2.05) is 0 Å². The Morgan fingerprint density at radius 2 is 2.44 bits per heavy atom. The molecule has 0 fully saturated rings. The van der Waals surface area contributed by atoms with E-state index >= 15 is 0 Å². The minimum Gasteiger partial charge on any atom is -0.228 e. The highest BCUT2D eigenvalue weighted by Gasteiger charge is 2.23. The molecule has 0 aromatic carbocycles. The van der Waals surface area contributed by atoms with Gasteiger partial charge < -0.3 is 0 Å². The predicted molar refractivity (Wildman–Crippen MR) is 39.3 cm³/mol. The van der Waals surface area contributed by atoms with Gasteiger partial charge in [0, 0.05) is 18.9 Å². The topological polar surface area (TPSA) is 46.5 Å². The lowest BCUT2D eigenvalue weighted by Crippen LogP contribution is -2.12. The molecule has 3 nitrogen and oxygen atoms in total. The number of rotatable bonds is 1. The molecule has 9 heavy (non-hydrogen) atoms. The Kier molecular flexibility index (Phi) is 1.81. The van der Waals surface area contributed by atoms with E-state index in [2.05, 4.69) is 4.40 Å². The summed E-state index contributed by atoms with van der Waals surface area (Å²) in [7, 11) is -2.86. The molecule has 1 unspecified atom stereocenters. The van der Waals surface area contributed by atoms with Crippen LogP contribution in [0.2, 0.25) is 0 Å². The first-order valence-corrected chi connectivity index (χ1v) is 5.26. The van der Waals surface area contributed by atoms with Gasteiger partial charge in [0.05, 0.1) is 0 Å². The van der Waals surface area contributed by atoms with Crippen molar-refractivity contribution in [1.29, 1.82) is 0 Å². The smallest absolute Gasteiger partial charge is 0.161 e. The monoisotopic (exact) mass is 165 g/mol. The van der Waals surface area contributed by atoms with Gasteiger partial charge in [-0.15, -0.1) is 0 Å². The Morgan fingerprint density at radius 3 is 2.67 bits per heavy atom. The average molecular weight is 165 g/mol. The van der Waals surface area contributed by atoms with Gasteiger partial charge in [0.1, 0.15) is 4.58 Å². The molecular weight excluding hydrogens is 158 g/mol. The first-order chi connectivity index (χ1) is 4.11.